The molecule has 5 nitrogen and oxygen atoms in total. The number of alkyl halides is 2. The van der Waals surface area contributed by atoms with Gasteiger partial charge < -0.3 is 15.4 Å². The third kappa shape index (κ3) is 6.58. The van der Waals surface area contributed by atoms with Crippen molar-refractivity contribution in [2.24, 2.45) is 0 Å². The summed E-state index contributed by atoms with van der Waals surface area (Å²) in [6, 6.07) is 14.8. The van der Waals surface area contributed by atoms with Gasteiger partial charge in [0.2, 0.25) is 5.91 Å². The van der Waals surface area contributed by atoms with Crippen molar-refractivity contribution in [2.45, 2.75) is 13.0 Å². The van der Waals surface area contributed by atoms with Crippen LogP contribution in [0.3, 0.4) is 0 Å². The van der Waals surface area contributed by atoms with E-state index < -0.39 is 6.61 Å². The van der Waals surface area contributed by atoms with E-state index >= 15 is 0 Å². The second-order valence-corrected chi connectivity index (χ2v) is 5.17. The summed E-state index contributed by atoms with van der Waals surface area (Å²) in [6.07, 6.45) is 0.535. The van der Waals surface area contributed by atoms with Gasteiger partial charge in [0.05, 0.1) is 6.54 Å². The number of carbonyl (C=O) groups is 2. The van der Waals surface area contributed by atoms with Gasteiger partial charge in [0.1, 0.15) is 5.75 Å². The lowest BCUT2D eigenvalue weighted by Crippen LogP contribution is -2.37. The van der Waals surface area contributed by atoms with Crippen molar-refractivity contribution in [3.8, 4) is 5.75 Å². The first kappa shape index (κ1) is 18.4. The van der Waals surface area contributed by atoms with Crippen molar-refractivity contribution >= 4 is 11.8 Å². The molecular formula is C18H18F2N2O3. The summed E-state index contributed by atoms with van der Waals surface area (Å²) in [7, 11) is 0. The van der Waals surface area contributed by atoms with E-state index in [9.17, 15) is 18.4 Å². The Balaban J connectivity index is 1.67. The third-order valence-corrected chi connectivity index (χ3v) is 3.33. The van der Waals surface area contributed by atoms with Crippen LogP contribution < -0.4 is 15.4 Å². The van der Waals surface area contributed by atoms with Crippen molar-refractivity contribution in [1.82, 2.24) is 10.6 Å². The fourth-order valence-electron chi connectivity index (χ4n) is 2.10. The van der Waals surface area contributed by atoms with Gasteiger partial charge in [0, 0.05) is 12.1 Å². The second-order valence-electron chi connectivity index (χ2n) is 5.17. The van der Waals surface area contributed by atoms with Crippen LogP contribution in [0.4, 0.5) is 8.78 Å². The number of hydrogen-bond acceptors (Lipinski definition) is 3. The van der Waals surface area contributed by atoms with E-state index in [1.54, 1.807) is 42.5 Å². The molecule has 2 amide bonds. The predicted octanol–water partition coefficient (Wildman–Crippen LogP) is 2.38. The number of rotatable bonds is 8. The van der Waals surface area contributed by atoms with Crippen molar-refractivity contribution in [1.29, 1.82) is 0 Å². The maximum absolute atomic E-state index is 12.1. The monoisotopic (exact) mass is 348 g/mol. The van der Waals surface area contributed by atoms with Gasteiger partial charge in [-0.3, -0.25) is 9.59 Å². The van der Waals surface area contributed by atoms with Gasteiger partial charge in [-0.1, -0.05) is 30.3 Å². The molecule has 0 saturated carbocycles. The number of halogens is 2. The summed E-state index contributed by atoms with van der Waals surface area (Å²) < 4.78 is 28.4. The summed E-state index contributed by atoms with van der Waals surface area (Å²) in [6.45, 7) is -2.60. The fraction of sp³-hybridized carbons (Fsp3) is 0.222. The number of carbonyl (C=O) groups excluding carboxylic acids is 2. The van der Waals surface area contributed by atoms with E-state index in [0.717, 1.165) is 5.56 Å². The Labute approximate surface area is 144 Å². The summed E-state index contributed by atoms with van der Waals surface area (Å²) in [5.74, 6) is -0.529. The van der Waals surface area contributed by atoms with Crippen molar-refractivity contribution in [3.05, 3.63) is 65.7 Å². The highest BCUT2D eigenvalue weighted by atomic mass is 19.3. The quantitative estimate of drug-likeness (QED) is 0.770. The first-order valence-electron chi connectivity index (χ1n) is 7.68. The molecule has 0 fully saturated rings. The van der Waals surface area contributed by atoms with Gasteiger partial charge in [-0.15, -0.1) is 0 Å². The molecule has 0 spiro atoms. The zero-order valence-corrected chi connectivity index (χ0v) is 13.4. The molecule has 7 heteroatoms. The van der Waals surface area contributed by atoms with Gasteiger partial charge in [0.15, 0.2) is 0 Å². The van der Waals surface area contributed by atoms with E-state index in [2.05, 4.69) is 15.4 Å². The smallest absolute Gasteiger partial charge is 0.387 e. The molecule has 2 aromatic carbocycles. The molecule has 2 N–H and O–H groups in total. The molecular weight excluding hydrogens is 330 g/mol. The zero-order valence-electron chi connectivity index (χ0n) is 13.4. The average Bonchev–Trinajstić information content (AvgIpc) is 2.61. The van der Waals surface area contributed by atoms with E-state index in [-0.39, 0.29) is 24.1 Å². The van der Waals surface area contributed by atoms with E-state index in [0.29, 0.717) is 18.5 Å². The Kier molecular flexibility index (Phi) is 6.88. The van der Waals surface area contributed by atoms with Crippen LogP contribution in [0.5, 0.6) is 5.75 Å². The second kappa shape index (κ2) is 9.36. The number of ether oxygens (including phenoxy) is 1. The number of benzene rings is 2. The van der Waals surface area contributed by atoms with Gasteiger partial charge in [-0.25, -0.2) is 0 Å². The number of hydrogen-bond donors (Lipinski definition) is 2. The lowest BCUT2D eigenvalue weighted by molar-refractivity contribution is -0.120. The molecule has 0 heterocycles. The normalized spacial score (nSPS) is 10.4. The molecule has 132 valence electrons. The van der Waals surface area contributed by atoms with Gasteiger partial charge >= 0.3 is 6.61 Å². The first-order valence-corrected chi connectivity index (χ1v) is 7.68. The lowest BCUT2D eigenvalue weighted by atomic mass is 10.1. The number of nitrogens with one attached hydrogen (secondary N) is 2. The Morgan fingerprint density at radius 1 is 0.960 bits per heavy atom. The van der Waals surface area contributed by atoms with Crippen molar-refractivity contribution < 1.29 is 23.1 Å². The third-order valence-electron chi connectivity index (χ3n) is 3.33. The SMILES string of the molecule is O=C(CNC(=O)c1ccccc1)NCCc1ccc(OC(F)F)cc1. The average molecular weight is 348 g/mol. The molecule has 0 aliphatic rings. The lowest BCUT2D eigenvalue weighted by Gasteiger charge is -2.08. The molecule has 2 rings (SSSR count). The molecule has 25 heavy (non-hydrogen) atoms. The van der Waals surface area contributed by atoms with E-state index in [4.69, 9.17) is 0 Å². The highest BCUT2D eigenvalue weighted by Crippen LogP contribution is 2.14. The molecule has 0 radical (unpaired) electrons. The molecule has 0 unspecified atom stereocenters. The number of amides is 2. The van der Waals surface area contributed by atoms with Crippen molar-refractivity contribution in [2.75, 3.05) is 13.1 Å². The Hall–Kier alpha value is -2.96. The maximum atomic E-state index is 12.1. The summed E-state index contributed by atoms with van der Waals surface area (Å²) in [5, 5.41) is 5.21. The van der Waals surface area contributed by atoms with E-state index in [1.165, 1.54) is 12.1 Å². The van der Waals surface area contributed by atoms with Crippen molar-refractivity contribution in [3.63, 3.8) is 0 Å². The van der Waals surface area contributed by atoms with Crippen LogP contribution in [-0.4, -0.2) is 31.5 Å². The van der Waals surface area contributed by atoms with Gasteiger partial charge in [-0.2, -0.15) is 8.78 Å². The summed E-state index contributed by atoms with van der Waals surface area (Å²) in [4.78, 5) is 23.5. The van der Waals surface area contributed by atoms with Crippen LogP contribution in [0.1, 0.15) is 15.9 Å². The Bertz CT molecular complexity index is 691. The van der Waals surface area contributed by atoms with E-state index in [1.807, 2.05) is 0 Å². The van der Waals surface area contributed by atoms with Gasteiger partial charge in [-0.05, 0) is 36.2 Å². The molecule has 0 aromatic heterocycles. The highest BCUT2D eigenvalue weighted by Gasteiger charge is 2.07. The Morgan fingerprint density at radius 3 is 2.28 bits per heavy atom. The first-order chi connectivity index (χ1) is 12.0. The predicted molar refractivity (Wildman–Crippen MR) is 88.6 cm³/mol. The maximum Gasteiger partial charge on any atom is 0.387 e. The van der Waals surface area contributed by atoms with Crippen LogP contribution in [0, 0.1) is 0 Å². The standard InChI is InChI=1S/C18H18F2N2O3/c19-18(20)25-15-8-6-13(7-9-15)10-11-21-16(23)12-22-17(24)14-4-2-1-3-5-14/h1-9,18H,10-12H2,(H,21,23)(H,22,24). The largest absolute Gasteiger partial charge is 0.435 e. The van der Waals surface area contributed by atoms with Crippen LogP contribution in [-0.2, 0) is 11.2 Å². The molecule has 0 saturated heterocycles. The van der Waals surface area contributed by atoms with Crippen LogP contribution >= 0.6 is 0 Å². The molecule has 2 aromatic rings. The summed E-state index contributed by atoms with van der Waals surface area (Å²) >= 11 is 0. The minimum absolute atomic E-state index is 0.0893. The molecule has 0 aliphatic heterocycles. The van der Waals surface area contributed by atoms with Crippen LogP contribution in [0.25, 0.3) is 0 Å². The van der Waals surface area contributed by atoms with Gasteiger partial charge in [0.25, 0.3) is 5.91 Å². The van der Waals surface area contributed by atoms with Crippen LogP contribution in [0.15, 0.2) is 54.6 Å². The molecule has 0 atom stereocenters. The highest BCUT2D eigenvalue weighted by molar-refractivity contribution is 5.96. The molecule has 0 aliphatic carbocycles. The topological polar surface area (TPSA) is 67.4 Å². The fourth-order valence-corrected chi connectivity index (χ4v) is 2.10. The zero-order chi connectivity index (χ0) is 18.1. The molecule has 0 bridgehead atoms. The van der Waals surface area contributed by atoms with Crippen LogP contribution in [0.2, 0.25) is 0 Å². The summed E-state index contributed by atoms with van der Waals surface area (Å²) in [5.41, 5.74) is 1.36. The minimum Gasteiger partial charge on any atom is -0.435 e. The Morgan fingerprint density at radius 2 is 1.64 bits per heavy atom. The minimum atomic E-state index is -2.85.